The summed E-state index contributed by atoms with van der Waals surface area (Å²) in [6.45, 7) is 5.89. The Hall–Kier alpha value is -3.01. The van der Waals surface area contributed by atoms with Gasteiger partial charge in [0, 0.05) is 26.1 Å². The van der Waals surface area contributed by atoms with Gasteiger partial charge in [-0.2, -0.15) is 0 Å². The van der Waals surface area contributed by atoms with Crippen LogP contribution in [0.2, 0.25) is 10.0 Å². The van der Waals surface area contributed by atoms with E-state index in [1.807, 2.05) is 36.4 Å². The van der Waals surface area contributed by atoms with Gasteiger partial charge in [-0.05, 0) is 47.9 Å². The van der Waals surface area contributed by atoms with E-state index in [1.165, 1.54) is 0 Å². The zero-order chi connectivity index (χ0) is 29.4. The van der Waals surface area contributed by atoms with Crippen LogP contribution in [0.3, 0.4) is 0 Å². The van der Waals surface area contributed by atoms with Crippen LogP contribution in [-0.4, -0.2) is 69.9 Å². The second-order valence-electron chi connectivity index (χ2n) is 9.54. The molecule has 0 unspecified atom stereocenters. The van der Waals surface area contributed by atoms with Crippen LogP contribution in [0.25, 0.3) is 11.1 Å². The number of morpholine rings is 1. The van der Waals surface area contributed by atoms with Gasteiger partial charge in [-0.15, -0.1) is 12.4 Å². The highest BCUT2D eigenvalue weighted by molar-refractivity contribution is 6.39. The van der Waals surface area contributed by atoms with Crippen molar-refractivity contribution < 1.29 is 28.5 Å². The van der Waals surface area contributed by atoms with E-state index in [9.17, 15) is 9.59 Å². The summed E-state index contributed by atoms with van der Waals surface area (Å²) in [5.41, 5.74) is 3.74. The highest BCUT2D eigenvalue weighted by Gasteiger charge is 2.26. The number of esters is 1. The van der Waals surface area contributed by atoms with E-state index in [0.717, 1.165) is 55.1 Å². The van der Waals surface area contributed by atoms with Gasteiger partial charge in [0.25, 0.3) is 5.91 Å². The zero-order valence-corrected chi connectivity index (χ0v) is 26.1. The van der Waals surface area contributed by atoms with Gasteiger partial charge in [0.15, 0.2) is 0 Å². The van der Waals surface area contributed by atoms with Crippen LogP contribution in [0.5, 0.6) is 11.5 Å². The summed E-state index contributed by atoms with van der Waals surface area (Å²) >= 11 is 12.4. The quantitative estimate of drug-likeness (QED) is 0.265. The van der Waals surface area contributed by atoms with Crippen molar-refractivity contribution in [1.82, 2.24) is 10.2 Å². The van der Waals surface area contributed by atoms with E-state index >= 15 is 0 Å². The molecule has 3 aromatic carbocycles. The van der Waals surface area contributed by atoms with Crippen molar-refractivity contribution >= 4 is 47.5 Å². The van der Waals surface area contributed by atoms with Crippen molar-refractivity contribution in [2.75, 3.05) is 47.1 Å². The first-order valence-corrected chi connectivity index (χ1v) is 14.2. The molecule has 0 bridgehead atoms. The molecule has 1 amide bonds. The number of amides is 1. The fourth-order valence-corrected chi connectivity index (χ4v) is 5.35. The Morgan fingerprint density at radius 3 is 2.10 bits per heavy atom. The van der Waals surface area contributed by atoms with Crippen LogP contribution in [0.4, 0.5) is 0 Å². The minimum atomic E-state index is -0.941. The Kier molecular flexibility index (Phi) is 12.8. The number of nitrogens with zero attached hydrogens (tertiary/aromatic N) is 1. The molecule has 0 saturated carbocycles. The summed E-state index contributed by atoms with van der Waals surface area (Å²) in [6.07, 6.45) is 0.208. The molecule has 1 fully saturated rings. The monoisotopic (exact) mass is 636 g/mol. The molecule has 0 aliphatic carbocycles. The van der Waals surface area contributed by atoms with E-state index in [1.54, 1.807) is 39.3 Å². The van der Waals surface area contributed by atoms with Gasteiger partial charge in [-0.25, -0.2) is 4.79 Å². The first kappa shape index (κ1) is 33.5. The predicted octanol–water partition coefficient (Wildman–Crippen LogP) is 5.84. The molecule has 0 spiro atoms. The molecule has 1 aliphatic heterocycles. The second-order valence-corrected chi connectivity index (χ2v) is 10.4. The van der Waals surface area contributed by atoms with Crippen LogP contribution >= 0.6 is 35.6 Å². The molecule has 4 rings (SSSR count). The molecule has 8 nitrogen and oxygen atoms in total. The maximum Gasteiger partial charge on any atom is 0.328 e. The highest BCUT2D eigenvalue weighted by atomic mass is 35.5. The smallest absolute Gasteiger partial charge is 0.328 e. The molecule has 0 aromatic heterocycles. The lowest BCUT2D eigenvalue weighted by Crippen LogP contribution is -2.43. The third kappa shape index (κ3) is 8.30. The minimum absolute atomic E-state index is 0. The third-order valence-electron chi connectivity index (χ3n) is 6.82. The maximum absolute atomic E-state index is 13.0. The summed E-state index contributed by atoms with van der Waals surface area (Å²) in [5.74, 6) is 0.302. The summed E-state index contributed by atoms with van der Waals surface area (Å²) in [6, 6.07) is 15.6. The number of benzene rings is 3. The number of hydrogen-bond acceptors (Lipinski definition) is 7. The van der Waals surface area contributed by atoms with Crippen molar-refractivity contribution in [1.29, 1.82) is 0 Å². The van der Waals surface area contributed by atoms with Gasteiger partial charge in [0.05, 0.1) is 55.2 Å². The van der Waals surface area contributed by atoms with Crippen molar-refractivity contribution in [2.45, 2.75) is 25.9 Å². The molecule has 1 N–H and O–H groups in total. The van der Waals surface area contributed by atoms with Gasteiger partial charge in [-0.3, -0.25) is 9.69 Å². The number of ether oxygens (including phenoxy) is 4. The normalized spacial score (nSPS) is 13.9. The number of nitrogens with one attached hydrogen (secondary N) is 1. The van der Waals surface area contributed by atoms with E-state index < -0.39 is 17.9 Å². The van der Waals surface area contributed by atoms with Crippen LogP contribution < -0.4 is 14.8 Å². The average Bonchev–Trinajstić information content (AvgIpc) is 2.97. The lowest BCUT2D eigenvalue weighted by molar-refractivity contribution is -0.145. The minimum Gasteiger partial charge on any atom is -0.496 e. The van der Waals surface area contributed by atoms with Crippen molar-refractivity contribution in [3.05, 3.63) is 81.3 Å². The van der Waals surface area contributed by atoms with Gasteiger partial charge in [0.1, 0.15) is 17.5 Å². The Labute approximate surface area is 262 Å². The Morgan fingerprint density at radius 1 is 0.952 bits per heavy atom. The van der Waals surface area contributed by atoms with Crippen LogP contribution in [0.1, 0.15) is 28.4 Å². The molecule has 1 aliphatic rings. The van der Waals surface area contributed by atoms with Gasteiger partial charge >= 0.3 is 5.97 Å². The lowest BCUT2D eigenvalue weighted by atomic mass is 9.97. The Morgan fingerprint density at radius 2 is 1.55 bits per heavy atom. The number of carbonyl (C=O) groups excluding carboxylic acids is 2. The second kappa shape index (κ2) is 16.0. The molecular formula is C31H35Cl3N2O6. The first-order valence-electron chi connectivity index (χ1n) is 13.4. The van der Waals surface area contributed by atoms with Gasteiger partial charge < -0.3 is 24.3 Å². The molecule has 0 radical (unpaired) electrons. The summed E-state index contributed by atoms with van der Waals surface area (Å²) in [5, 5.41) is 3.13. The molecule has 11 heteroatoms. The number of carbonyl (C=O) groups is 2. The lowest BCUT2D eigenvalue weighted by Gasteiger charge is -2.27. The predicted molar refractivity (Wildman–Crippen MR) is 166 cm³/mol. The molecule has 1 heterocycles. The fraction of sp³-hybridized carbons (Fsp3) is 0.355. The fourth-order valence-electron chi connectivity index (χ4n) is 4.78. The average molecular weight is 638 g/mol. The highest BCUT2D eigenvalue weighted by Crippen LogP contribution is 2.40. The van der Waals surface area contributed by atoms with Gasteiger partial charge in [0.2, 0.25) is 0 Å². The zero-order valence-electron chi connectivity index (χ0n) is 23.8. The molecule has 42 heavy (non-hydrogen) atoms. The van der Waals surface area contributed by atoms with Gasteiger partial charge in [-0.1, -0.05) is 53.5 Å². The number of halogens is 3. The molecule has 1 atom stereocenters. The summed E-state index contributed by atoms with van der Waals surface area (Å²) < 4.78 is 22.2. The van der Waals surface area contributed by atoms with E-state index in [4.69, 9.17) is 42.1 Å². The van der Waals surface area contributed by atoms with E-state index in [-0.39, 0.29) is 41.0 Å². The van der Waals surface area contributed by atoms with Crippen molar-refractivity contribution in [2.24, 2.45) is 0 Å². The summed E-state index contributed by atoms with van der Waals surface area (Å²) in [7, 11) is 3.28. The maximum atomic E-state index is 13.0. The van der Waals surface area contributed by atoms with Crippen LogP contribution in [0.15, 0.2) is 54.6 Å². The SMILES string of the molecule is CCOC(=O)[C@H](Cc1ccc(-c2c(OC)cc(CN3CCOCC3)cc2OC)cc1)NC(=O)c1c(Cl)cccc1Cl.Cl. The van der Waals surface area contributed by atoms with E-state index in [0.29, 0.717) is 11.5 Å². The number of methoxy groups -OCH3 is 2. The third-order valence-corrected chi connectivity index (χ3v) is 7.45. The largest absolute Gasteiger partial charge is 0.496 e. The van der Waals surface area contributed by atoms with Crippen molar-refractivity contribution in [3.63, 3.8) is 0 Å². The molecule has 226 valence electrons. The molecular weight excluding hydrogens is 603 g/mol. The molecule has 1 saturated heterocycles. The van der Waals surface area contributed by atoms with E-state index in [2.05, 4.69) is 10.2 Å². The topological polar surface area (TPSA) is 86.3 Å². The van der Waals surface area contributed by atoms with Crippen LogP contribution in [0, 0.1) is 0 Å². The number of hydrogen-bond donors (Lipinski definition) is 1. The van der Waals surface area contributed by atoms with Crippen LogP contribution in [-0.2, 0) is 27.2 Å². The summed E-state index contributed by atoms with van der Waals surface area (Å²) in [4.78, 5) is 28.1. The Bertz CT molecular complexity index is 1320. The Balaban J connectivity index is 0.00000484. The molecule has 3 aromatic rings. The number of rotatable bonds is 11. The standard InChI is InChI=1S/C31H34Cl2N2O6.ClH/c1-4-41-31(37)25(34-30(36)29-23(32)6-5-7-24(29)33)16-20-8-10-22(11-9-20)28-26(38-2)17-21(18-27(28)39-3)19-35-12-14-40-15-13-35;/h5-11,17-18,25H,4,12-16,19H2,1-3H3,(H,34,36);1H/t25-;/m0./s1. The first-order chi connectivity index (χ1) is 19.8. The van der Waals surface area contributed by atoms with Crippen molar-refractivity contribution in [3.8, 4) is 22.6 Å².